The van der Waals surface area contributed by atoms with E-state index in [1.807, 2.05) is 36.4 Å². The van der Waals surface area contributed by atoms with Gasteiger partial charge in [-0.1, -0.05) is 18.2 Å². The van der Waals surface area contributed by atoms with Crippen molar-refractivity contribution in [3.63, 3.8) is 0 Å². The number of hydrogen-bond acceptors (Lipinski definition) is 6. The van der Waals surface area contributed by atoms with Crippen molar-refractivity contribution in [2.45, 2.75) is 26.4 Å². The van der Waals surface area contributed by atoms with Gasteiger partial charge in [-0.05, 0) is 55.8 Å². The molecule has 0 bridgehead atoms. The standard InChI is InChI=1S/C26H26N4O3/c1-3-29(4-2)21-10-8-18(9-11-21)23-22(24(31)19-12-15-27-16-13-19)25(32)26(33)30(23)17-20-7-5-6-14-28-20/h5-16,23,31H,3-4,17H2,1-2H3/b24-22-. The number of likely N-dealkylation sites (tertiary alicyclic amines) is 1. The molecule has 1 unspecified atom stereocenters. The molecular weight excluding hydrogens is 416 g/mol. The van der Waals surface area contributed by atoms with E-state index in [0.29, 0.717) is 11.3 Å². The van der Waals surface area contributed by atoms with Crippen LogP contribution in [0.15, 0.2) is 78.8 Å². The highest BCUT2D eigenvalue weighted by Crippen LogP contribution is 2.40. The van der Waals surface area contributed by atoms with E-state index in [9.17, 15) is 14.7 Å². The van der Waals surface area contributed by atoms with Crippen LogP contribution in [0, 0.1) is 0 Å². The first kappa shape index (κ1) is 22.2. The normalized spacial score (nSPS) is 17.4. The van der Waals surface area contributed by atoms with Crippen molar-refractivity contribution in [2.24, 2.45) is 0 Å². The summed E-state index contributed by atoms with van der Waals surface area (Å²) in [7, 11) is 0. The summed E-state index contributed by atoms with van der Waals surface area (Å²) in [6, 6.07) is 15.7. The number of carbonyl (C=O) groups excluding carboxylic acids is 2. The molecule has 7 nitrogen and oxygen atoms in total. The van der Waals surface area contributed by atoms with Gasteiger partial charge >= 0.3 is 0 Å². The Bertz CT molecular complexity index is 1160. The number of amides is 1. The van der Waals surface area contributed by atoms with Crippen LogP contribution in [-0.2, 0) is 16.1 Å². The molecule has 4 rings (SSSR count). The topological polar surface area (TPSA) is 86.6 Å². The lowest BCUT2D eigenvalue weighted by Crippen LogP contribution is -2.29. The Labute approximate surface area is 193 Å². The van der Waals surface area contributed by atoms with Gasteiger partial charge in [0.05, 0.1) is 23.9 Å². The lowest BCUT2D eigenvalue weighted by molar-refractivity contribution is -0.140. The average molecular weight is 443 g/mol. The predicted molar refractivity (Wildman–Crippen MR) is 126 cm³/mol. The monoisotopic (exact) mass is 442 g/mol. The van der Waals surface area contributed by atoms with E-state index < -0.39 is 17.7 Å². The summed E-state index contributed by atoms with van der Waals surface area (Å²) in [4.78, 5) is 38.2. The Morgan fingerprint density at radius 3 is 2.27 bits per heavy atom. The minimum atomic E-state index is -0.731. The van der Waals surface area contributed by atoms with E-state index in [0.717, 1.165) is 24.3 Å². The van der Waals surface area contributed by atoms with Gasteiger partial charge in [-0.25, -0.2) is 0 Å². The molecule has 0 radical (unpaired) electrons. The first-order chi connectivity index (χ1) is 16.0. The van der Waals surface area contributed by atoms with Crippen LogP contribution in [0.3, 0.4) is 0 Å². The van der Waals surface area contributed by atoms with E-state index in [2.05, 4.69) is 28.7 Å². The van der Waals surface area contributed by atoms with E-state index in [-0.39, 0.29) is 17.9 Å². The third-order valence-electron chi connectivity index (χ3n) is 5.89. The molecule has 1 aromatic carbocycles. The first-order valence-electron chi connectivity index (χ1n) is 11.0. The van der Waals surface area contributed by atoms with Gasteiger partial charge in [-0.15, -0.1) is 0 Å². The average Bonchev–Trinajstić information content (AvgIpc) is 3.11. The van der Waals surface area contributed by atoms with Gasteiger partial charge in [0.25, 0.3) is 11.7 Å². The number of aliphatic hydroxyl groups excluding tert-OH is 1. The maximum atomic E-state index is 13.1. The molecule has 1 atom stereocenters. The molecule has 1 aliphatic rings. The molecule has 1 N–H and O–H groups in total. The third kappa shape index (κ3) is 4.35. The van der Waals surface area contributed by atoms with Crippen molar-refractivity contribution < 1.29 is 14.7 Å². The van der Waals surface area contributed by atoms with E-state index in [4.69, 9.17) is 0 Å². The lowest BCUT2D eigenvalue weighted by Gasteiger charge is -2.26. The highest BCUT2D eigenvalue weighted by molar-refractivity contribution is 6.46. The Balaban J connectivity index is 1.82. The molecule has 0 saturated carbocycles. The van der Waals surface area contributed by atoms with E-state index in [1.165, 1.54) is 17.3 Å². The zero-order chi connectivity index (χ0) is 23.4. The smallest absolute Gasteiger partial charge is 0.296 e. The second kappa shape index (κ2) is 9.65. The minimum Gasteiger partial charge on any atom is -0.507 e. The van der Waals surface area contributed by atoms with Crippen LogP contribution in [0.4, 0.5) is 5.69 Å². The highest BCUT2D eigenvalue weighted by atomic mass is 16.3. The summed E-state index contributed by atoms with van der Waals surface area (Å²) in [5.41, 5.74) is 2.97. The molecule has 1 saturated heterocycles. The first-order valence-corrected chi connectivity index (χ1v) is 11.0. The Kier molecular flexibility index (Phi) is 6.49. The van der Waals surface area contributed by atoms with Gasteiger partial charge in [0, 0.05) is 42.9 Å². The molecule has 0 aliphatic carbocycles. The predicted octanol–water partition coefficient (Wildman–Crippen LogP) is 3.94. The summed E-state index contributed by atoms with van der Waals surface area (Å²) in [5, 5.41) is 11.1. The number of benzene rings is 1. The van der Waals surface area contributed by atoms with Crippen LogP contribution in [0.1, 0.15) is 36.7 Å². The fraction of sp³-hybridized carbons (Fsp3) is 0.231. The highest BCUT2D eigenvalue weighted by Gasteiger charge is 2.46. The second-order valence-corrected chi connectivity index (χ2v) is 7.75. The minimum absolute atomic E-state index is 0.0673. The fourth-order valence-electron chi connectivity index (χ4n) is 4.18. The van der Waals surface area contributed by atoms with Gasteiger partial charge in [0.1, 0.15) is 5.76 Å². The summed E-state index contributed by atoms with van der Waals surface area (Å²) in [6.07, 6.45) is 4.72. The van der Waals surface area contributed by atoms with Crippen LogP contribution in [-0.4, -0.2) is 44.8 Å². The van der Waals surface area contributed by atoms with Crippen LogP contribution >= 0.6 is 0 Å². The third-order valence-corrected chi connectivity index (χ3v) is 5.89. The summed E-state index contributed by atoms with van der Waals surface area (Å²) < 4.78 is 0. The molecule has 1 aliphatic heterocycles. The number of carbonyl (C=O) groups is 2. The quantitative estimate of drug-likeness (QED) is 0.339. The van der Waals surface area contributed by atoms with Crippen molar-refractivity contribution in [2.75, 3.05) is 18.0 Å². The molecule has 7 heteroatoms. The molecule has 2 aromatic heterocycles. The molecule has 1 fully saturated rings. The molecule has 168 valence electrons. The van der Waals surface area contributed by atoms with Gasteiger partial charge in [0.2, 0.25) is 0 Å². The van der Waals surface area contributed by atoms with Crippen molar-refractivity contribution in [3.8, 4) is 0 Å². The van der Waals surface area contributed by atoms with Crippen LogP contribution in [0.2, 0.25) is 0 Å². The molecule has 33 heavy (non-hydrogen) atoms. The number of Topliss-reactive ketones (excluding diaryl/α,β-unsaturated/α-hetero) is 1. The van der Waals surface area contributed by atoms with Gasteiger partial charge in [0.15, 0.2) is 0 Å². The maximum absolute atomic E-state index is 13.1. The Morgan fingerprint density at radius 2 is 1.67 bits per heavy atom. The molecule has 3 aromatic rings. The Morgan fingerprint density at radius 1 is 0.970 bits per heavy atom. The SMILES string of the molecule is CCN(CC)c1ccc(C2/C(=C(/O)c3ccncc3)C(=O)C(=O)N2Cc2ccccn2)cc1. The zero-order valence-electron chi connectivity index (χ0n) is 18.7. The zero-order valence-corrected chi connectivity index (χ0v) is 18.7. The van der Waals surface area contributed by atoms with Gasteiger partial charge < -0.3 is 14.9 Å². The van der Waals surface area contributed by atoms with Crippen molar-refractivity contribution in [1.29, 1.82) is 0 Å². The van der Waals surface area contributed by atoms with Crippen LogP contribution < -0.4 is 4.90 Å². The number of hydrogen-bond donors (Lipinski definition) is 1. The summed E-state index contributed by atoms with van der Waals surface area (Å²) in [5.74, 6) is -1.58. The second-order valence-electron chi connectivity index (χ2n) is 7.75. The molecule has 3 heterocycles. The molecular formula is C26H26N4O3. The lowest BCUT2D eigenvalue weighted by atomic mass is 9.95. The number of nitrogens with zero attached hydrogens (tertiary/aromatic N) is 4. The van der Waals surface area contributed by atoms with Crippen molar-refractivity contribution in [3.05, 3.63) is 95.6 Å². The maximum Gasteiger partial charge on any atom is 0.296 e. The number of ketones is 1. The molecule has 1 amide bonds. The number of pyridine rings is 2. The molecule has 0 spiro atoms. The largest absolute Gasteiger partial charge is 0.507 e. The van der Waals surface area contributed by atoms with E-state index >= 15 is 0 Å². The van der Waals surface area contributed by atoms with Gasteiger partial charge in [-0.3, -0.25) is 19.6 Å². The van der Waals surface area contributed by atoms with Crippen LogP contribution in [0.5, 0.6) is 0 Å². The van der Waals surface area contributed by atoms with E-state index in [1.54, 1.807) is 24.4 Å². The number of anilines is 1. The van der Waals surface area contributed by atoms with Crippen molar-refractivity contribution >= 4 is 23.1 Å². The Hall–Kier alpha value is -4.00. The van der Waals surface area contributed by atoms with Gasteiger partial charge in [-0.2, -0.15) is 0 Å². The van der Waals surface area contributed by atoms with Crippen molar-refractivity contribution in [1.82, 2.24) is 14.9 Å². The fourth-order valence-corrected chi connectivity index (χ4v) is 4.18. The summed E-state index contributed by atoms with van der Waals surface area (Å²) in [6.45, 7) is 6.08. The summed E-state index contributed by atoms with van der Waals surface area (Å²) >= 11 is 0. The number of aliphatic hydroxyl groups is 1. The van der Waals surface area contributed by atoms with Crippen LogP contribution in [0.25, 0.3) is 5.76 Å². The number of aromatic nitrogens is 2. The number of rotatable bonds is 7.